The maximum Gasteiger partial charge on any atom is 0.291 e. The van der Waals surface area contributed by atoms with Gasteiger partial charge in [-0.2, -0.15) is 8.42 Å². The first-order valence-corrected chi connectivity index (χ1v) is 6.63. The van der Waals surface area contributed by atoms with Crippen molar-refractivity contribution in [3.8, 4) is 0 Å². The fraction of sp³-hybridized carbons (Fsp3) is 1.00. The molecule has 0 aliphatic carbocycles. The van der Waals surface area contributed by atoms with Gasteiger partial charge in [0.05, 0.1) is 0 Å². The smallest absolute Gasteiger partial charge is 0.291 e. The Morgan fingerprint density at radius 1 is 1.07 bits per heavy atom. The largest absolute Gasteiger partial charge is 0.375 e. The van der Waals surface area contributed by atoms with Gasteiger partial charge in [0, 0.05) is 0 Å². The summed E-state index contributed by atoms with van der Waals surface area (Å²) in [6.07, 6.45) is 6.27. The molecule has 4 nitrogen and oxygen atoms in total. The van der Waals surface area contributed by atoms with Crippen LogP contribution in [0.1, 0.15) is 51.9 Å². The van der Waals surface area contributed by atoms with Gasteiger partial charge < -0.3 is 5.11 Å². The van der Waals surface area contributed by atoms with Crippen molar-refractivity contribution >= 4 is 10.1 Å². The first-order valence-electron chi connectivity index (χ1n) is 5.13. The Bertz CT molecular complexity index is 223. The summed E-state index contributed by atoms with van der Waals surface area (Å²) in [6, 6.07) is 0. The zero-order chi connectivity index (χ0) is 11.0. The third kappa shape index (κ3) is 7.29. The third-order valence-electron chi connectivity index (χ3n) is 2.15. The van der Waals surface area contributed by atoms with Crippen LogP contribution in [0.5, 0.6) is 0 Å². The van der Waals surface area contributed by atoms with Crippen LogP contribution < -0.4 is 0 Å². The van der Waals surface area contributed by atoms with Gasteiger partial charge in [-0.1, -0.05) is 39.0 Å². The molecule has 0 saturated carbocycles. The second-order valence-corrected chi connectivity index (χ2v) is 5.10. The molecule has 1 unspecified atom stereocenters. The maximum absolute atomic E-state index is 10.4. The van der Waals surface area contributed by atoms with Gasteiger partial charge >= 0.3 is 0 Å². The molecule has 1 atom stereocenters. The lowest BCUT2D eigenvalue weighted by molar-refractivity contribution is 0.219. The molecule has 0 rings (SSSR count). The standard InChI is InChI=1S/C9H20O4S/c1-2-3-4-5-6-7-8-9(10)14(11,12)13/h9-10H,2-8H2,1H3,(H,11,12,13). The lowest BCUT2D eigenvalue weighted by Gasteiger charge is -2.06. The van der Waals surface area contributed by atoms with Crippen molar-refractivity contribution in [1.29, 1.82) is 0 Å². The van der Waals surface area contributed by atoms with E-state index in [0.717, 1.165) is 19.3 Å². The van der Waals surface area contributed by atoms with Crippen LogP contribution in [0.3, 0.4) is 0 Å². The predicted molar refractivity (Wildman–Crippen MR) is 55.5 cm³/mol. The van der Waals surface area contributed by atoms with Gasteiger partial charge in [-0.25, -0.2) is 0 Å². The zero-order valence-electron chi connectivity index (χ0n) is 8.65. The van der Waals surface area contributed by atoms with Gasteiger partial charge in [0.2, 0.25) is 0 Å². The summed E-state index contributed by atoms with van der Waals surface area (Å²) in [4.78, 5) is 0. The molecule has 0 aromatic heterocycles. The Morgan fingerprint density at radius 2 is 1.57 bits per heavy atom. The Morgan fingerprint density at radius 3 is 2.07 bits per heavy atom. The fourth-order valence-electron chi connectivity index (χ4n) is 1.25. The Balaban J connectivity index is 3.37. The molecular weight excluding hydrogens is 204 g/mol. The van der Waals surface area contributed by atoms with E-state index < -0.39 is 15.6 Å². The van der Waals surface area contributed by atoms with E-state index in [1.165, 1.54) is 12.8 Å². The van der Waals surface area contributed by atoms with Crippen molar-refractivity contribution in [3.05, 3.63) is 0 Å². The summed E-state index contributed by atoms with van der Waals surface area (Å²) in [5, 5.41) is 8.95. The van der Waals surface area contributed by atoms with Crippen LogP contribution in [0.15, 0.2) is 0 Å². The lowest BCUT2D eigenvalue weighted by Crippen LogP contribution is -2.19. The van der Waals surface area contributed by atoms with Crippen molar-refractivity contribution < 1.29 is 18.1 Å². The molecular formula is C9H20O4S. The second-order valence-electron chi connectivity index (χ2n) is 3.53. The average molecular weight is 224 g/mol. The molecule has 86 valence electrons. The van der Waals surface area contributed by atoms with E-state index in [-0.39, 0.29) is 6.42 Å². The molecule has 0 aliphatic heterocycles. The van der Waals surface area contributed by atoms with Crippen LogP contribution >= 0.6 is 0 Å². The summed E-state index contributed by atoms with van der Waals surface area (Å²) >= 11 is 0. The number of unbranched alkanes of at least 4 members (excludes halogenated alkanes) is 5. The van der Waals surface area contributed by atoms with E-state index in [2.05, 4.69) is 6.92 Å². The molecule has 5 heteroatoms. The minimum atomic E-state index is -4.24. The van der Waals surface area contributed by atoms with E-state index >= 15 is 0 Å². The van der Waals surface area contributed by atoms with Gasteiger partial charge in [0.15, 0.2) is 5.44 Å². The number of hydrogen-bond donors (Lipinski definition) is 2. The molecule has 0 fully saturated rings. The Labute approximate surface area is 86.1 Å². The first kappa shape index (κ1) is 13.9. The monoisotopic (exact) mass is 224 g/mol. The van der Waals surface area contributed by atoms with E-state index in [1.807, 2.05) is 0 Å². The molecule has 0 aromatic carbocycles. The van der Waals surface area contributed by atoms with Crippen molar-refractivity contribution in [3.63, 3.8) is 0 Å². The molecule has 0 heterocycles. The SMILES string of the molecule is CCCCCCCCC(O)S(=O)(=O)O. The predicted octanol–water partition coefficient (Wildman–Crippen LogP) is 1.94. The van der Waals surface area contributed by atoms with Crippen LogP contribution in [0.2, 0.25) is 0 Å². The van der Waals surface area contributed by atoms with Crippen LogP contribution in [0.4, 0.5) is 0 Å². The van der Waals surface area contributed by atoms with Crippen molar-refractivity contribution in [1.82, 2.24) is 0 Å². The number of aliphatic hydroxyl groups excluding tert-OH is 1. The van der Waals surface area contributed by atoms with Crippen LogP contribution in [0, 0.1) is 0 Å². The molecule has 14 heavy (non-hydrogen) atoms. The molecule has 0 radical (unpaired) electrons. The van der Waals surface area contributed by atoms with Gasteiger partial charge in [-0.15, -0.1) is 0 Å². The van der Waals surface area contributed by atoms with E-state index in [9.17, 15) is 8.42 Å². The van der Waals surface area contributed by atoms with Crippen LogP contribution in [-0.4, -0.2) is 23.5 Å². The first-order chi connectivity index (χ1) is 6.48. The van der Waals surface area contributed by atoms with E-state index in [0.29, 0.717) is 6.42 Å². The van der Waals surface area contributed by atoms with E-state index in [4.69, 9.17) is 9.66 Å². The minimum absolute atomic E-state index is 0.130. The molecule has 2 N–H and O–H groups in total. The van der Waals surface area contributed by atoms with Crippen LogP contribution in [0.25, 0.3) is 0 Å². The molecule has 0 saturated heterocycles. The van der Waals surface area contributed by atoms with Gasteiger partial charge in [-0.3, -0.25) is 4.55 Å². The quantitative estimate of drug-likeness (QED) is 0.488. The summed E-state index contributed by atoms with van der Waals surface area (Å²) in [7, 11) is -4.24. The molecule has 0 aromatic rings. The van der Waals surface area contributed by atoms with Crippen molar-refractivity contribution in [2.45, 2.75) is 57.3 Å². The molecule has 0 spiro atoms. The highest BCUT2D eigenvalue weighted by atomic mass is 32.2. The lowest BCUT2D eigenvalue weighted by atomic mass is 10.1. The number of aliphatic hydroxyl groups is 1. The minimum Gasteiger partial charge on any atom is -0.375 e. The Kier molecular flexibility index (Phi) is 7.13. The van der Waals surface area contributed by atoms with Gasteiger partial charge in [0.25, 0.3) is 10.1 Å². The second kappa shape index (κ2) is 7.20. The maximum atomic E-state index is 10.4. The number of hydrogen-bond acceptors (Lipinski definition) is 3. The summed E-state index contributed by atoms with van der Waals surface area (Å²) in [6.45, 7) is 2.13. The summed E-state index contributed by atoms with van der Waals surface area (Å²) in [5.74, 6) is 0. The normalized spacial score (nSPS) is 14.2. The Hall–Kier alpha value is -0.130. The highest BCUT2D eigenvalue weighted by Crippen LogP contribution is 2.10. The van der Waals surface area contributed by atoms with E-state index in [1.54, 1.807) is 0 Å². The van der Waals surface area contributed by atoms with Crippen molar-refractivity contribution in [2.24, 2.45) is 0 Å². The highest BCUT2D eigenvalue weighted by Gasteiger charge is 2.18. The summed E-state index contributed by atoms with van der Waals surface area (Å²) in [5.41, 5.74) is -1.60. The fourth-order valence-corrected chi connectivity index (χ4v) is 1.71. The molecule has 0 amide bonds. The number of rotatable bonds is 8. The molecule has 0 aliphatic rings. The third-order valence-corrected chi connectivity index (χ3v) is 3.07. The highest BCUT2D eigenvalue weighted by molar-refractivity contribution is 7.86. The molecule has 0 bridgehead atoms. The van der Waals surface area contributed by atoms with Gasteiger partial charge in [-0.05, 0) is 12.8 Å². The van der Waals surface area contributed by atoms with Crippen molar-refractivity contribution in [2.75, 3.05) is 0 Å². The topological polar surface area (TPSA) is 74.6 Å². The summed E-state index contributed by atoms with van der Waals surface area (Å²) < 4.78 is 29.3. The zero-order valence-corrected chi connectivity index (χ0v) is 9.46. The van der Waals surface area contributed by atoms with Gasteiger partial charge in [0.1, 0.15) is 0 Å². The average Bonchev–Trinajstić information content (AvgIpc) is 2.09. The van der Waals surface area contributed by atoms with Crippen LogP contribution in [-0.2, 0) is 10.1 Å².